The van der Waals surface area contributed by atoms with Gasteiger partial charge >= 0.3 is 0 Å². The number of fused-ring (bicyclic) bond motifs is 1. The largest absolute Gasteiger partial charge is 0.342 e. The maximum Gasteiger partial charge on any atom is 0.233 e. The van der Waals surface area contributed by atoms with E-state index in [4.69, 9.17) is 0 Å². The van der Waals surface area contributed by atoms with Crippen LogP contribution >= 0.6 is 11.8 Å². The Morgan fingerprint density at radius 2 is 1.70 bits per heavy atom. The number of benzene rings is 2. The fourth-order valence-electron chi connectivity index (χ4n) is 3.23. The lowest BCUT2D eigenvalue weighted by Gasteiger charge is -2.26. The van der Waals surface area contributed by atoms with Crippen LogP contribution in [0.2, 0.25) is 0 Å². The third-order valence-electron chi connectivity index (χ3n) is 4.65. The molecule has 27 heavy (non-hydrogen) atoms. The number of carbonyl (C=O) groups excluding carboxylic acids is 1. The van der Waals surface area contributed by atoms with Crippen molar-refractivity contribution in [1.82, 2.24) is 14.9 Å². The molecule has 6 heteroatoms. The van der Waals surface area contributed by atoms with Gasteiger partial charge < -0.3 is 10.2 Å². The van der Waals surface area contributed by atoms with E-state index >= 15 is 0 Å². The zero-order valence-corrected chi connectivity index (χ0v) is 15.9. The monoisotopic (exact) mass is 378 g/mol. The molecule has 3 aromatic rings. The van der Waals surface area contributed by atoms with Gasteiger partial charge in [0.15, 0.2) is 5.16 Å². The number of likely N-dealkylation sites (tertiary alicyclic amines) is 1. The van der Waals surface area contributed by atoms with Gasteiger partial charge in [-0.05, 0) is 43.5 Å². The second-order valence-corrected chi connectivity index (χ2v) is 7.54. The van der Waals surface area contributed by atoms with Crippen LogP contribution in [0.25, 0.3) is 10.9 Å². The third kappa shape index (κ3) is 4.39. The van der Waals surface area contributed by atoms with E-state index < -0.39 is 0 Å². The molecule has 1 N–H and O–H groups in total. The number of piperidine rings is 1. The van der Waals surface area contributed by atoms with E-state index in [1.54, 1.807) is 0 Å². The van der Waals surface area contributed by atoms with Crippen LogP contribution in [0.1, 0.15) is 19.3 Å². The summed E-state index contributed by atoms with van der Waals surface area (Å²) in [5.41, 5.74) is 1.85. The quantitative estimate of drug-likeness (QED) is 0.524. The SMILES string of the molecule is O=C(CSc1nc(Nc2ccccc2)c2ccccc2n1)N1CCCCC1. The maximum atomic E-state index is 12.4. The van der Waals surface area contributed by atoms with Crippen LogP contribution < -0.4 is 5.32 Å². The van der Waals surface area contributed by atoms with Gasteiger partial charge in [-0.1, -0.05) is 42.1 Å². The molecule has 1 fully saturated rings. The highest BCUT2D eigenvalue weighted by molar-refractivity contribution is 7.99. The Balaban J connectivity index is 1.55. The van der Waals surface area contributed by atoms with Crippen molar-refractivity contribution in [2.75, 3.05) is 24.2 Å². The number of nitrogens with one attached hydrogen (secondary N) is 1. The zero-order valence-electron chi connectivity index (χ0n) is 15.1. The highest BCUT2D eigenvalue weighted by Gasteiger charge is 2.17. The number of para-hydroxylation sites is 2. The second-order valence-electron chi connectivity index (χ2n) is 6.59. The van der Waals surface area contributed by atoms with Gasteiger partial charge in [-0.15, -0.1) is 0 Å². The fourth-order valence-corrected chi connectivity index (χ4v) is 3.99. The highest BCUT2D eigenvalue weighted by Crippen LogP contribution is 2.27. The van der Waals surface area contributed by atoms with E-state index in [1.165, 1.54) is 18.2 Å². The smallest absolute Gasteiger partial charge is 0.233 e. The van der Waals surface area contributed by atoms with Crippen molar-refractivity contribution >= 4 is 40.1 Å². The molecule has 138 valence electrons. The molecule has 0 spiro atoms. The minimum atomic E-state index is 0.175. The number of hydrogen-bond acceptors (Lipinski definition) is 5. The van der Waals surface area contributed by atoms with E-state index in [9.17, 15) is 4.79 Å². The summed E-state index contributed by atoms with van der Waals surface area (Å²) in [7, 11) is 0. The predicted molar refractivity (Wildman–Crippen MR) is 110 cm³/mol. The first kappa shape index (κ1) is 17.8. The first-order valence-electron chi connectivity index (χ1n) is 9.29. The molecule has 0 unspecified atom stereocenters. The van der Waals surface area contributed by atoms with E-state index in [0.717, 1.165) is 48.3 Å². The molecule has 2 aromatic carbocycles. The maximum absolute atomic E-state index is 12.4. The van der Waals surface area contributed by atoms with E-state index in [2.05, 4.69) is 15.3 Å². The van der Waals surface area contributed by atoms with Crippen molar-refractivity contribution in [3.63, 3.8) is 0 Å². The first-order valence-corrected chi connectivity index (χ1v) is 10.3. The van der Waals surface area contributed by atoms with E-state index in [-0.39, 0.29) is 5.91 Å². The lowest BCUT2D eigenvalue weighted by atomic mass is 10.1. The van der Waals surface area contributed by atoms with Crippen molar-refractivity contribution < 1.29 is 4.79 Å². The molecule has 1 amide bonds. The summed E-state index contributed by atoms with van der Waals surface area (Å²) in [6, 6.07) is 17.9. The molecule has 1 aliphatic heterocycles. The number of hydrogen-bond donors (Lipinski definition) is 1. The Labute approximate surface area is 163 Å². The van der Waals surface area contributed by atoms with Gasteiger partial charge in [-0.2, -0.15) is 0 Å². The number of anilines is 2. The van der Waals surface area contributed by atoms with Gasteiger partial charge in [0.1, 0.15) is 5.82 Å². The van der Waals surface area contributed by atoms with Gasteiger partial charge in [0.2, 0.25) is 5.91 Å². The number of thioether (sulfide) groups is 1. The summed E-state index contributed by atoms with van der Waals surface area (Å²) in [5, 5.41) is 4.97. The van der Waals surface area contributed by atoms with E-state index in [1.807, 2.05) is 59.5 Å². The van der Waals surface area contributed by atoms with Crippen molar-refractivity contribution in [3.8, 4) is 0 Å². The summed E-state index contributed by atoms with van der Waals surface area (Å²) in [5.74, 6) is 1.32. The topological polar surface area (TPSA) is 58.1 Å². The molecular formula is C21H22N4OS. The van der Waals surface area contributed by atoms with Crippen LogP contribution in [-0.2, 0) is 4.79 Å². The molecule has 0 atom stereocenters. The van der Waals surface area contributed by atoms with Crippen molar-refractivity contribution in [2.24, 2.45) is 0 Å². The second kappa shape index (κ2) is 8.39. The predicted octanol–water partition coefficient (Wildman–Crippen LogP) is 4.48. The highest BCUT2D eigenvalue weighted by atomic mass is 32.2. The molecule has 1 aromatic heterocycles. The number of rotatable bonds is 5. The van der Waals surface area contributed by atoms with Gasteiger partial charge in [0.25, 0.3) is 0 Å². The van der Waals surface area contributed by atoms with Crippen molar-refractivity contribution in [1.29, 1.82) is 0 Å². The van der Waals surface area contributed by atoms with Crippen LogP contribution in [0.3, 0.4) is 0 Å². The summed E-state index contributed by atoms with van der Waals surface area (Å²) in [4.78, 5) is 23.7. The summed E-state index contributed by atoms with van der Waals surface area (Å²) < 4.78 is 0. The van der Waals surface area contributed by atoms with Crippen molar-refractivity contribution in [3.05, 3.63) is 54.6 Å². The molecule has 0 bridgehead atoms. The average Bonchev–Trinajstić information content (AvgIpc) is 2.73. The van der Waals surface area contributed by atoms with Gasteiger partial charge in [-0.3, -0.25) is 4.79 Å². The van der Waals surface area contributed by atoms with Gasteiger partial charge in [0, 0.05) is 24.2 Å². The van der Waals surface area contributed by atoms with Crippen LogP contribution in [0.5, 0.6) is 0 Å². The Morgan fingerprint density at radius 3 is 2.52 bits per heavy atom. The fraction of sp³-hybridized carbons (Fsp3) is 0.286. The van der Waals surface area contributed by atoms with Crippen molar-refractivity contribution in [2.45, 2.75) is 24.4 Å². The molecule has 5 nitrogen and oxygen atoms in total. The van der Waals surface area contributed by atoms with Gasteiger partial charge in [-0.25, -0.2) is 9.97 Å². The summed E-state index contributed by atoms with van der Waals surface area (Å²) >= 11 is 1.41. The first-order chi connectivity index (χ1) is 13.3. The number of carbonyl (C=O) groups is 1. The summed E-state index contributed by atoms with van der Waals surface area (Å²) in [6.45, 7) is 1.75. The Morgan fingerprint density at radius 1 is 0.963 bits per heavy atom. The van der Waals surface area contributed by atoms with Crippen LogP contribution in [0.4, 0.5) is 11.5 Å². The average molecular weight is 379 g/mol. The molecule has 4 rings (SSSR count). The molecular weight excluding hydrogens is 356 g/mol. The molecule has 2 heterocycles. The lowest BCUT2D eigenvalue weighted by molar-refractivity contribution is -0.129. The molecule has 0 radical (unpaired) electrons. The minimum Gasteiger partial charge on any atom is -0.342 e. The standard InChI is InChI=1S/C21H22N4OS/c26-19(25-13-7-2-8-14-25)15-27-21-23-18-12-6-5-11-17(18)20(24-21)22-16-9-3-1-4-10-16/h1,3-6,9-12H,2,7-8,13-15H2,(H,22,23,24). The summed E-state index contributed by atoms with van der Waals surface area (Å²) in [6.07, 6.45) is 3.43. The zero-order chi connectivity index (χ0) is 18.5. The number of aromatic nitrogens is 2. The Kier molecular flexibility index (Phi) is 5.53. The van der Waals surface area contributed by atoms with Crippen LogP contribution in [-0.4, -0.2) is 39.6 Å². The molecule has 0 aliphatic carbocycles. The molecule has 1 aliphatic rings. The van der Waals surface area contributed by atoms with E-state index in [0.29, 0.717) is 10.9 Å². The number of amides is 1. The Bertz CT molecular complexity index is 926. The molecule has 1 saturated heterocycles. The lowest BCUT2D eigenvalue weighted by Crippen LogP contribution is -2.36. The molecule has 0 saturated carbocycles. The third-order valence-corrected chi connectivity index (χ3v) is 5.48. The van der Waals surface area contributed by atoms with Crippen LogP contribution in [0.15, 0.2) is 59.8 Å². The minimum absolute atomic E-state index is 0.175. The Hall–Kier alpha value is -2.60. The van der Waals surface area contributed by atoms with Gasteiger partial charge in [0.05, 0.1) is 11.3 Å². The van der Waals surface area contributed by atoms with Crippen LogP contribution in [0, 0.1) is 0 Å². The number of nitrogens with zero attached hydrogens (tertiary/aromatic N) is 3. The normalized spacial score (nSPS) is 14.3.